The van der Waals surface area contributed by atoms with Gasteiger partial charge in [-0.25, -0.2) is 13.6 Å². The van der Waals surface area contributed by atoms with Gasteiger partial charge >= 0.3 is 12.2 Å². The number of carbonyl (C=O) groups is 1. The van der Waals surface area contributed by atoms with Crippen LogP contribution in [0, 0.1) is 18.6 Å². The van der Waals surface area contributed by atoms with Gasteiger partial charge in [-0.05, 0) is 72.1 Å². The van der Waals surface area contributed by atoms with Crippen molar-refractivity contribution in [2.75, 3.05) is 5.32 Å². The molecule has 0 spiro atoms. The number of aryl methyl sites for hydroxylation is 1. The summed E-state index contributed by atoms with van der Waals surface area (Å²) < 4.78 is 69.6. The molecule has 0 aliphatic rings. The number of pyridine rings is 1. The van der Waals surface area contributed by atoms with E-state index < -0.39 is 34.9 Å². The molecule has 4 nitrogen and oxygen atoms in total. The highest BCUT2D eigenvalue weighted by molar-refractivity contribution is 6.30. The van der Waals surface area contributed by atoms with Gasteiger partial charge in [0.25, 0.3) is 0 Å². The second kappa shape index (κ2) is 10.8. The van der Waals surface area contributed by atoms with Crippen molar-refractivity contribution in [3.05, 3.63) is 130 Å². The highest BCUT2D eigenvalue weighted by Gasteiger charge is 2.41. The van der Waals surface area contributed by atoms with E-state index in [2.05, 4.69) is 15.6 Å². The van der Waals surface area contributed by atoms with Gasteiger partial charge in [0.1, 0.15) is 17.2 Å². The quantitative estimate of drug-likeness (QED) is 0.245. The summed E-state index contributed by atoms with van der Waals surface area (Å²) in [4.78, 5) is 17.6. The van der Waals surface area contributed by atoms with Gasteiger partial charge in [-0.1, -0.05) is 41.9 Å². The van der Waals surface area contributed by atoms with Crippen LogP contribution in [0.25, 0.3) is 0 Å². The lowest BCUT2D eigenvalue weighted by molar-refractivity contribution is -0.137. The van der Waals surface area contributed by atoms with Crippen molar-refractivity contribution in [1.82, 2.24) is 10.3 Å². The summed E-state index contributed by atoms with van der Waals surface area (Å²) in [5.41, 5.74) is -1.57. The summed E-state index contributed by atoms with van der Waals surface area (Å²) in [5.74, 6) is -1.75. The van der Waals surface area contributed by atoms with Crippen LogP contribution in [0.2, 0.25) is 5.02 Å². The number of hydrogen-bond donors (Lipinski definition) is 2. The number of hydrogen-bond acceptors (Lipinski definition) is 2. The van der Waals surface area contributed by atoms with E-state index in [4.69, 9.17) is 11.6 Å². The minimum Gasteiger partial charge on any atom is -0.322 e. The van der Waals surface area contributed by atoms with E-state index in [0.29, 0.717) is 11.6 Å². The van der Waals surface area contributed by atoms with Crippen LogP contribution in [0.15, 0.2) is 85.1 Å². The van der Waals surface area contributed by atoms with Crippen molar-refractivity contribution in [1.29, 1.82) is 0 Å². The highest BCUT2D eigenvalue weighted by atomic mass is 35.5. The number of nitrogens with zero attached hydrogens (tertiary/aromatic N) is 1. The van der Waals surface area contributed by atoms with E-state index in [1.165, 1.54) is 36.5 Å². The fourth-order valence-electron chi connectivity index (χ4n) is 4.17. The average Bonchev–Trinajstić information content (AvgIpc) is 2.84. The number of benzene rings is 3. The van der Waals surface area contributed by atoms with Crippen LogP contribution in [0.1, 0.15) is 27.9 Å². The lowest BCUT2D eigenvalue weighted by Gasteiger charge is -2.36. The molecule has 0 unspecified atom stereocenters. The maximum absolute atomic E-state index is 14.7. The average molecular weight is 546 g/mol. The summed E-state index contributed by atoms with van der Waals surface area (Å²) in [7, 11) is 0. The molecule has 1 aromatic heterocycles. The fraction of sp³-hybridized carbons (Fsp3) is 0.143. The van der Waals surface area contributed by atoms with Crippen LogP contribution in [-0.2, 0) is 18.1 Å². The Bertz CT molecular complexity index is 1460. The third-order valence-electron chi connectivity index (χ3n) is 6.01. The number of carbonyl (C=O) groups excluding carboxylic acids is 1. The Labute approximate surface area is 220 Å². The molecule has 2 N–H and O–H groups in total. The lowest BCUT2D eigenvalue weighted by atomic mass is 9.79. The van der Waals surface area contributed by atoms with Gasteiger partial charge in [-0.2, -0.15) is 13.2 Å². The third kappa shape index (κ3) is 6.11. The Balaban J connectivity index is 1.93. The van der Waals surface area contributed by atoms with Crippen molar-refractivity contribution < 1.29 is 26.7 Å². The molecule has 0 radical (unpaired) electrons. The maximum Gasteiger partial charge on any atom is 0.416 e. The van der Waals surface area contributed by atoms with Gasteiger partial charge in [0.2, 0.25) is 0 Å². The number of aromatic nitrogens is 1. The number of rotatable bonds is 6. The van der Waals surface area contributed by atoms with E-state index in [-0.39, 0.29) is 28.4 Å². The molecule has 4 aromatic rings. The molecule has 38 heavy (non-hydrogen) atoms. The van der Waals surface area contributed by atoms with Crippen LogP contribution >= 0.6 is 11.6 Å². The van der Waals surface area contributed by atoms with Gasteiger partial charge in [0.15, 0.2) is 0 Å². The molecule has 1 atom stereocenters. The molecule has 0 aliphatic heterocycles. The second-order valence-electron chi connectivity index (χ2n) is 8.69. The van der Waals surface area contributed by atoms with E-state index >= 15 is 0 Å². The van der Waals surface area contributed by atoms with Crippen molar-refractivity contribution in [3.8, 4) is 0 Å². The predicted molar refractivity (Wildman–Crippen MR) is 135 cm³/mol. The molecule has 3 aromatic carbocycles. The lowest BCUT2D eigenvalue weighted by Crippen LogP contribution is -2.51. The summed E-state index contributed by atoms with van der Waals surface area (Å²) in [5, 5.41) is 5.46. The summed E-state index contributed by atoms with van der Waals surface area (Å²) in [6.07, 6.45) is -3.67. The maximum atomic E-state index is 14.7. The second-order valence-corrected chi connectivity index (χ2v) is 9.12. The predicted octanol–water partition coefficient (Wildman–Crippen LogP) is 7.65. The normalized spacial score (nSPS) is 13.0. The van der Waals surface area contributed by atoms with Gasteiger partial charge in [-0.3, -0.25) is 4.98 Å². The molecule has 0 bridgehead atoms. The summed E-state index contributed by atoms with van der Waals surface area (Å²) in [6, 6.07) is 16.3. The molecular weight excluding hydrogens is 525 g/mol. The molecular formula is C28H21ClF5N3O. The first-order chi connectivity index (χ1) is 18.0. The van der Waals surface area contributed by atoms with Crippen LogP contribution in [0.5, 0.6) is 0 Å². The Morgan fingerprint density at radius 3 is 2.29 bits per heavy atom. The van der Waals surface area contributed by atoms with Crippen molar-refractivity contribution in [3.63, 3.8) is 0 Å². The number of anilines is 1. The molecule has 4 rings (SSSR count). The zero-order chi connectivity index (χ0) is 27.5. The van der Waals surface area contributed by atoms with E-state index in [1.807, 2.05) is 0 Å². The van der Waals surface area contributed by atoms with E-state index in [1.54, 1.807) is 31.2 Å². The molecule has 1 heterocycles. The number of amides is 2. The van der Waals surface area contributed by atoms with Crippen LogP contribution in [0.4, 0.5) is 32.4 Å². The molecule has 0 saturated carbocycles. The number of halogens is 6. The topological polar surface area (TPSA) is 54.0 Å². The zero-order valence-corrected chi connectivity index (χ0v) is 20.7. The molecule has 2 amide bonds. The smallest absolute Gasteiger partial charge is 0.322 e. The number of urea groups is 1. The first-order valence-electron chi connectivity index (χ1n) is 11.4. The van der Waals surface area contributed by atoms with Crippen LogP contribution in [0.3, 0.4) is 0 Å². The van der Waals surface area contributed by atoms with E-state index in [9.17, 15) is 26.7 Å². The first-order valence-corrected chi connectivity index (χ1v) is 11.7. The largest absolute Gasteiger partial charge is 0.416 e. The summed E-state index contributed by atoms with van der Waals surface area (Å²) in [6.45, 7) is 1.80. The minimum absolute atomic E-state index is 0.0916. The van der Waals surface area contributed by atoms with Crippen molar-refractivity contribution >= 4 is 23.3 Å². The Kier molecular flexibility index (Phi) is 7.68. The van der Waals surface area contributed by atoms with Crippen molar-refractivity contribution in [2.45, 2.75) is 25.1 Å². The monoisotopic (exact) mass is 545 g/mol. The molecule has 10 heteroatoms. The Morgan fingerprint density at radius 1 is 0.895 bits per heavy atom. The first kappa shape index (κ1) is 27.1. The van der Waals surface area contributed by atoms with E-state index in [0.717, 1.165) is 23.8 Å². The van der Waals surface area contributed by atoms with Crippen LogP contribution < -0.4 is 10.6 Å². The van der Waals surface area contributed by atoms with Crippen LogP contribution in [-0.4, -0.2) is 11.0 Å². The van der Waals surface area contributed by atoms with Gasteiger partial charge in [0, 0.05) is 18.3 Å². The fourth-order valence-corrected chi connectivity index (χ4v) is 4.28. The van der Waals surface area contributed by atoms with Gasteiger partial charge in [-0.15, -0.1) is 0 Å². The van der Waals surface area contributed by atoms with Gasteiger partial charge < -0.3 is 10.6 Å². The highest BCUT2D eigenvalue weighted by Crippen LogP contribution is 2.38. The molecule has 0 aliphatic carbocycles. The standard InChI is InChI=1S/C28H21ClF5N3O/c1-17-5-2-3-6-18(17)15-27(25-10-9-21(29)16-35-25,19-11-20(28(32,33)34)13-23(31)12-19)37-26(38)36-24-8-4-7-22(30)14-24/h2-14,16H,15H2,1H3,(H2,36,37,38)/t27-/m1/s1. The Hall–Kier alpha value is -3.98. The molecule has 0 fully saturated rings. The molecule has 196 valence electrons. The Morgan fingerprint density at radius 2 is 1.63 bits per heavy atom. The zero-order valence-electron chi connectivity index (χ0n) is 19.9. The van der Waals surface area contributed by atoms with Crippen molar-refractivity contribution in [2.24, 2.45) is 0 Å². The third-order valence-corrected chi connectivity index (χ3v) is 6.23. The number of alkyl halides is 3. The minimum atomic E-state index is -4.86. The summed E-state index contributed by atoms with van der Waals surface area (Å²) >= 11 is 6.02. The number of nitrogens with one attached hydrogen (secondary N) is 2. The SMILES string of the molecule is Cc1ccccc1C[C@@](NC(=O)Nc1cccc(F)c1)(c1cc(F)cc(C(F)(F)F)c1)c1ccc(Cl)cn1. The molecule has 0 saturated heterocycles. The van der Waals surface area contributed by atoms with Gasteiger partial charge in [0.05, 0.1) is 16.3 Å².